The van der Waals surface area contributed by atoms with Crippen molar-refractivity contribution >= 4 is 61.7 Å². The summed E-state index contributed by atoms with van der Waals surface area (Å²) >= 11 is 1.90. The Bertz CT molecular complexity index is 1440. The molecular weight excluding hydrogens is 538 g/mol. The second-order valence-electron chi connectivity index (χ2n) is 7.79. The molecule has 3 aromatic rings. The molecule has 0 radical (unpaired) electrons. The number of thiophene rings is 2. The largest absolute Gasteiger partial charge is 0.462 e. The Morgan fingerprint density at radius 3 is 2.21 bits per heavy atom. The lowest BCUT2D eigenvalue weighted by atomic mass is 10.1. The van der Waals surface area contributed by atoms with Gasteiger partial charge in [-0.2, -0.15) is 0 Å². The first kappa shape index (κ1) is 28.9. The number of ether oxygens (including phenoxy) is 4. The number of fused-ring (bicyclic) bond motifs is 1. The molecule has 0 aromatic carbocycles. The Morgan fingerprint density at radius 1 is 0.921 bits per heavy atom. The number of hydrogen-bond acceptors (Lipinski definition) is 12. The molecule has 38 heavy (non-hydrogen) atoms. The maximum Gasteiger partial charge on any atom is 0.348 e. The van der Waals surface area contributed by atoms with Gasteiger partial charge in [0.2, 0.25) is 5.91 Å². The molecule has 0 atom stereocenters. The number of carbonyl (C=O) groups is 4. The molecule has 0 bridgehead atoms. The van der Waals surface area contributed by atoms with Crippen molar-refractivity contribution in [3.8, 4) is 0 Å². The van der Waals surface area contributed by atoms with Gasteiger partial charge in [0.15, 0.2) is 0 Å². The van der Waals surface area contributed by atoms with E-state index < -0.39 is 35.9 Å². The molecule has 3 aromatic heterocycles. The zero-order valence-corrected chi connectivity index (χ0v) is 23.1. The predicted octanol–water partition coefficient (Wildman–Crippen LogP) is 2.93. The van der Waals surface area contributed by atoms with Crippen molar-refractivity contribution in [3.63, 3.8) is 0 Å². The monoisotopic (exact) mass is 565 g/mol. The van der Waals surface area contributed by atoms with Gasteiger partial charge in [-0.05, 0) is 38.8 Å². The molecule has 0 aliphatic heterocycles. The number of methoxy groups -OCH3 is 1. The number of nitrogens with one attached hydrogen (secondary N) is 1. The number of aryl methyl sites for hydroxylation is 1. The molecule has 0 saturated heterocycles. The maximum atomic E-state index is 13.2. The van der Waals surface area contributed by atoms with Crippen molar-refractivity contribution in [2.45, 2.75) is 34.2 Å². The highest BCUT2D eigenvalue weighted by molar-refractivity contribution is 7.20. The van der Waals surface area contributed by atoms with Crippen LogP contribution in [0.3, 0.4) is 0 Å². The van der Waals surface area contributed by atoms with E-state index in [0.717, 1.165) is 27.2 Å². The molecule has 12 nitrogen and oxygen atoms in total. The van der Waals surface area contributed by atoms with Crippen LogP contribution in [0.1, 0.15) is 54.7 Å². The fourth-order valence-corrected chi connectivity index (χ4v) is 5.65. The number of anilines is 1. The summed E-state index contributed by atoms with van der Waals surface area (Å²) in [6.07, 6.45) is 1.20. The van der Waals surface area contributed by atoms with Crippen LogP contribution in [0.2, 0.25) is 0 Å². The average molecular weight is 566 g/mol. The molecule has 0 fully saturated rings. The Kier molecular flexibility index (Phi) is 9.72. The number of aromatic nitrogens is 2. The number of carbonyl (C=O) groups excluding carboxylic acids is 4. The van der Waals surface area contributed by atoms with Crippen LogP contribution >= 0.6 is 22.7 Å². The fourth-order valence-electron chi connectivity index (χ4n) is 3.51. The van der Waals surface area contributed by atoms with Gasteiger partial charge in [0.05, 0.1) is 37.1 Å². The SMILES string of the molecule is CCOC(=O)c1sc(NC(=O)Cn2cnc3sc(C(=O)OCCOC)c(C)c3c2=O)c(C(=O)OCC)c1C. The minimum absolute atomic E-state index is 0.0412. The van der Waals surface area contributed by atoms with E-state index in [9.17, 15) is 24.0 Å². The second-order valence-corrected chi connectivity index (χ2v) is 9.81. The van der Waals surface area contributed by atoms with Crippen molar-refractivity contribution in [2.24, 2.45) is 0 Å². The number of hydrogen-bond donors (Lipinski definition) is 1. The van der Waals surface area contributed by atoms with E-state index >= 15 is 0 Å². The number of esters is 3. The molecule has 204 valence electrons. The Morgan fingerprint density at radius 2 is 1.55 bits per heavy atom. The first-order valence-corrected chi connectivity index (χ1v) is 13.2. The van der Waals surface area contributed by atoms with Crippen molar-refractivity contribution in [1.82, 2.24) is 9.55 Å². The summed E-state index contributed by atoms with van der Waals surface area (Å²) in [7, 11) is 1.48. The average Bonchev–Trinajstić information content (AvgIpc) is 3.38. The summed E-state index contributed by atoms with van der Waals surface area (Å²) in [5, 5.41) is 2.90. The van der Waals surface area contributed by atoms with Crippen LogP contribution in [0, 0.1) is 13.8 Å². The van der Waals surface area contributed by atoms with Gasteiger partial charge in [-0.3, -0.25) is 14.2 Å². The van der Waals surface area contributed by atoms with Crippen LogP contribution in [-0.2, 0) is 30.3 Å². The lowest BCUT2D eigenvalue weighted by molar-refractivity contribution is -0.116. The molecule has 3 heterocycles. The quantitative estimate of drug-likeness (QED) is 0.209. The number of rotatable bonds is 11. The van der Waals surface area contributed by atoms with Gasteiger partial charge < -0.3 is 24.3 Å². The van der Waals surface area contributed by atoms with Crippen molar-refractivity contribution in [3.05, 3.63) is 43.1 Å². The minimum Gasteiger partial charge on any atom is -0.462 e. The first-order valence-electron chi connectivity index (χ1n) is 11.6. The molecule has 14 heteroatoms. The fraction of sp³-hybridized carbons (Fsp3) is 0.417. The minimum atomic E-state index is -0.703. The van der Waals surface area contributed by atoms with E-state index in [4.69, 9.17) is 18.9 Å². The van der Waals surface area contributed by atoms with Crippen LogP contribution in [0.5, 0.6) is 0 Å². The first-order chi connectivity index (χ1) is 18.1. The Hall–Kier alpha value is -3.62. The summed E-state index contributed by atoms with van der Waals surface area (Å²) in [5.41, 5.74) is 0.244. The smallest absolute Gasteiger partial charge is 0.348 e. The van der Waals surface area contributed by atoms with E-state index in [-0.39, 0.29) is 52.1 Å². The molecule has 1 N–H and O–H groups in total. The maximum absolute atomic E-state index is 13.2. The van der Waals surface area contributed by atoms with Crippen molar-refractivity contribution < 1.29 is 38.1 Å². The third-order valence-corrected chi connectivity index (χ3v) is 7.64. The van der Waals surface area contributed by atoms with Gasteiger partial charge in [0.25, 0.3) is 5.56 Å². The molecule has 0 saturated carbocycles. The standard InChI is InChI=1S/C24H27N3O9S2/c1-6-34-22(30)16-13(4)18(23(31)35-7-2)38-20(16)26-14(28)10-27-11-25-19-15(21(27)29)12(3)17(37-19)24(32)36-9-8-33-5/h11H,6-10H2,1-5H3,(H,26,28). The van der Waals surface area contributed by atoms with Gasteiger partial charge >= 0.3 is 17.9 Å². The highest BCUT2D eigenvalue weighted by Crippen LogP contribution is 2.34. The second kappa shape index (κ2) is 12.8. The predicted molar refractivity (Wildman–Crippen MR) is 140 cm³/mol. The van der Waals surface area contributed by atoms with Crippen molar-refractivity contribution in [2.75, 3.05) is 38.9 Å². The lowest BCUT2D eigenvalue weighted by Crippen LogP contribution is -2.28. The van der Waals surface area contributed by atoms with E-state index in [1.54, 1.807) is 27.7 Å². The summed E-state index contributed by atoms with van der Waals surface area (Å²) < 4.78 is 21.2. The molecule has 0 unspecified atom stereocenters. The molecule has 0 spiro atoms. The van der Waals surface area contributed by atoms with E-state index in [2.05, 4.69) is 10.3 Å². The number of nitrogens with zero attached hydrogens (tertiary/aromatic N) is 2. The third-order valence-electron chi connectivity index (χ3n) is 5.28. The molecule has 0 aliphatic carbocycles. The van der Waals surface area contributed by atoms with Gasteiger partial charge in [-0.1, -0.05) is 0 Å². The zero-order chi connectivity index (χ0) is 28.0. The normalized spacial score (nSPS) is 10.9. The van der Waals surface area contributed by atoms with Crippen LogP contribution in [0.4, 0.5) is 5.00 Å². The molecular formula is C24H27N3O9S2. The highest BCUT2D eigenvalue weighted by Gasteiger charge is 2.28. The number of amides is 1. The summed E-state index contributed by atoms with van der Waals surface area (Å²) in [5.74, 6) is -2.56. The Balaban J connectivity index is 1.88. The summed E-state index contributed by atoms with van der Waals surface area (Å²) in [6, 6.07) is 0. The lowest BCUT2D eigenvalue weighted by Gasteiger charge is -2.08. The zero-order valence-electron chi connectivity index (χ0n) is 21.5. The van der Waals surface area contributed by atoms with E-state index in [1.165, 1.54) is 13.4 Å². The summed E-state index contributed by atoms with van der Waals surface area (Å²) in [4.78, 5) is 68.4. The van der Waals surface area contributed by atoms with Gasteiger partial charge in [-0.25, -0.2) is 19.4 Å². The van der Waals surface area contributed by atoms with E-state index in [0.29, 0.717) is 16.0 Å². The third kappa shape index (κ3) is 6.09. The van der Waals surface area contributed by atoms with Crippen LogP contribution in [0.25, 0.3) is 10.2 Å². The van der Waals surface area contributed by atoms with Gasteiger partial charge in [0, 0.05) is 7.11 Å². The van der Waals surface area contributed by atoms with Crippen molar-refractivity contribution in [1.29, 1.82) is 0 Å². The van der Waals surface area contributed by atoms with Gasteiger partial charge in [0.1, 0.15) is 32.7 Å². The van der Waals surface area contributed by atoms with E-state index in [1.807, 2.05) is 0 Å². The Labute approximate surface area is 225 Å². The highest BCUT2D eigenvalue weighted by atomic mass is 32.1. The van der Waals surface area contributed by atoms with Crippen LogP contribution in [-0.4, -0.2) is 66.9 Å². The molecule has 0 aliphatic rings. The van der Waals surface area contributed by atoms with Gasteiger partial charge in [-0.15, -0.1) is 22.7 Å². The van der Waals surface area contributed by atoms with Crippen LogP contribution in [0.15, 0.2) is 11.1 Å². The summed E-state index contributed by atoms with van der Waals surface area (Å²) in [6.45, 7) is 6.56. The van der Waals surface area contributed by atoms with Crippen LogP contribution < -0.4 is 10.9 Å². The molecule has 3 rings (SSSR count). The molecule has 1 amide bonds. The topological polar surface area (TPSA) is 152 Å².